The molecule has 0 bridgehead atoms. The third-order valence-corrected chi connectivity index (χ3v) is 6.23. The molecule has 1 saturated heterocycles. The first kappa shape index (κ1) is 12.3. The molecule has 3 heteroatoms. The van der Waals surface area contributed by atoms with Gasteiger partial charge in [0.1, 0.15) is 6.04 Å². The molecule has 5 rings (SSSR count). The molecule has 3 heterocycles. The summed E-state index contributed by atoms with van der Waals surface area (Å²) < 4.78 is 0. The van der Waals surface area contributed by atoms with Crippen LogP contribution in [0.2, 0.25) is 0 Å². The summed E-state index contributed by atoms with van der Waals surface area (Å²) in [7, 11) is 0. The maximum atomic E-state index is 6.36. The van der Waals surface area contributed by atoms with Crippen LogP contribution in [-0.4, -0.2) is 18.1 Å². The SMILES string of the molecule is ClC1=CCC2C[NH+]3CCc4c([nH]c5ccccc45)C3C2C1. The van der Waals surface area contributed by atoms with Gasteiger partial charge in [-0.2, -0.15) is 0 Å². The second-order valence-corrected chi connectivity index (χ2v) is 7.40. The average molecular weight is 300 g/mol. The van der Waals surface area contributed by atoms with Gasteiger partial charge in [0.25, 0.3) is 0 Å². The number of fused-ring (bicyclic) bond motifs is 7. The van der Waals surface area contributed by atoms with Gasteiger partial charge in [-0.25, -0.2) is 0 Å². The fraction of sp³-hybridized carbons (Fsp3) is 0.444. The van der Waals surface area contributed by atoms with Gasteiger partial charge >= 0.3 is 0 Å². The molecule has 4 atom stereocenters. The molecule has 4 unspecified atom stereocenters. The van der Waals surface area contributed by atoms with Crippen molar-refractivity contribution in [3.05, 3.63) is 46.6 Å². The predicted molar refractivity (Wildman–Crippen MR) is 85.6 cm³/mol. The molecule has 2 N–H and O–H groups in total. The van der Waals surface area contributed by atoms with E-state index in [1.165, 1.54) is 42.5 Å². The zero-order valence-electron chi connectivity index (χ0n) is 12.0. The van der Waals surface area contributed by atoms with Crippen LogP contribution in [0.25, 0.3) is 10.9 Å². The van der Waals surface area contributed by atoms with E-state index in [0.29, 0.717) is 6.04 Å². The lowest BCUT2D eigenvalue weighted by molar-refractivity contribution is -0.923. The summed E-state index contributed by atoms with van der Waals surface area (Å²) in [6, 6.07) is 9.41. The Hall–Kier alpha value is -1.25. The Bertz CT molecular complexity index is 745. The van der Waals surface area contributed by atoms with Crippen LogP contribution in [0.15, 0.2) is 35.4 Å². The molecular formula is C18H20ClN2+. The van der Waals surface area contributed by atoms with Crippen molar-refractivity contribution in [1.82, 2.24) is 4.98 Å². The Balaban J connectivity index is 1.65. The fourth-order valence-corrected chi connectivity index (χ4v) is 5.30. The lowest BCUT2D eigenvalue weighted by atomic mass is 9.79. The van der Waals surface area contributed by atoms with Crippen molar-refractivity contribution in [2.45, 2.75) is 25.3 Å². The fourth-order valence-electron chi connectivity index (χ4n) is 5.04. The molecule has 108 valence electrons. The van der Waals surface area contributed by atoms with Crippen molar-refractivity contribution in [2.75, 3.05) is 13.1 Å². The summed E-state index contributed by atoms with van der Waals surface area (Å²) in [6.07, 6.45) is 5.73. The van der Waals surface area contributed by atoms with E-state index in [0.717, 1.165) is 23.3 Å². The number of hydrogen-bond acceptors (Lipinski definition) is 0. The van der Waals surface area contributed by atoms with Gasteiger partial charge in [0.15, 0.2) is 0 Å². The normalized spacial score (nSPS) is 34.2. The Morgan fingerprint density at radius 3 is 3.10 bits per heavy atom. The first-order chi connectivity index (χ1) is 10.3. The van der Waals surface area contributed by atoms with Crippen LogP contribution < -0.4 is 4.90 Å². The first-order valence-corrected chi connectivity index (χ1v) is 8.47. The summed E-state index contributed by atoms with van der Waals surface area (Å²) in [5, 5.41) is 2.52. The number of halogens is 1. The molecule has 21 heavy (non-hydrogen) atoms. The summed E-state index contributed by atoms with van der Waals surface area (Å²) in [5.74, 6) is 1.55. The highest BCUT2D eigenvalue weighted by atomic mass is 35.5. The van der Waals surface area contributed by atoms with Crippen molar-refractivity contribution in [3.63, 3.8) is 0 Å². The predicted octanol–water partition coefficient (Wildman–Crippen LogP) is 2.81. The van der Waals surface area contributed by atoms with Crippen LogP contribution in [0, 0.1) is 11.8 Å². The second kappa shape index (κ2) is 4.37. The lowest BCUT2D eigenvalue weighted by Crippen LogP contribution is -3.11. The number of aromatic nitrogens is 1. The van der Waals surface area contributed by atoms with E-state index >= 15 is 0 Å². The molecule has 1 aliphatic carbocycles. The van der Waals surface area contributed by atoms with Gasteiger partial charge in [0, 0.05) is 34.2 Å². The molecule has 2 aromatic rings. The Kier molecular flexibility index (Phi) is 2.56. The van der Waals surface area contributed by atoms with Gasteiger partial charge in [-0.1, -0.05) is 35.9 Å². The second-order valence-electron chi connectivity index (χ2n) is 6.92. The van der Waals surface area contributed by atoms with Gasteiger partial charge in [0.05, 0.1) is 18.8 Å². The average Bonchev–Trinajstić information content (AvgIpc) is 3.04. The van der Waals surface area contributed by atoms with Gasteiger partial charge in [-0.15, -0.1) is 0 Å². The van der Waals surface area contributed by atoms with Crippen LogP contribution in [0.4, 0.5) is 0 Å². The van der Waals surface area contributed by atoms with Crippen LogP contribution in [0.1, 0.15) is 30.1 Å². The molecule has 1 aromatic carbocycles. The zero-order valence-corrected chi connectivity index (χ0v) is 12.8. The minimum Gasteiger partial charge on any atom is -0.353 e. The van der Waals surface area contributed by atoms with Crippen LogP contribution in [-0.2, 0) is 6.42 Å². The van der Waals surface area contributed by atoms with Gasteiger partial charge < -0.3 is 9.88 Å². The molecule has 0 saturated carbocycles. The maximum absolute atomic E-state index is 6.36. The molecule has 0 amide bonds. The molecule has 1 fully saturated rings. The largest absolute Gasteiger partial charge is 0.353 e. The zero-order chi connectivity index (χ0) is 14.0. The Labute approximate surface area is 129 Å². The molecule has 3 aliphatic rings. The van der Waals surface area contributed by atoms with E-state index in [4.69, 9.17) is 11.6 Å². The third-order valence-electron chi connectivity index (χ3n) is 5.92. The third kappa shape index (κ3) is 1.69. The number of hydrogen-bond donors (Lipinski definition) is 2. The number of para-hydroxylation sites is 1. The van der Waals surface area contributed by atoms with Crippen molar-refractivity contribution in [3.8, 4) is 0 Å². The minimum absolute atomic E-state index is 0.633. The summed E-state index contributed by atoms with van der Waals surface area (Å²) >= 11 is 6.36. The van der Waals surface area contributed by atoms with E-state index in [9.17, 15) is 0 Å². The summed E-state index contributed by atoms with van der Waals surface area (Å²) in [5.41, 5.74) is 4.40. The summed E-state index contributed by atoms with van der Waals surface area (Å²) in [6.45, 7) is 2.61. The van der Waals surface area contributed by atoms with E-state index in [2.05, 4.69) is 35.3 Å². The number of quaternary nitrogens is 1. The van der Waals surface area contributed by atoms with Crippen LogP contribution in [0.5, 0.6) is 0 Å². The molecule has 0 spiro atoms. The number of allylic oxidation sites excluding steroid dienone is 2. The molecular weight excluding hydrogens is 280 g/mol. The van der Waals surface area contributed by atoms with Gasteiger partial charge in [-0.3, -0.25) is 0 Å². The molecule has 2 nitrogen and oxygen atoms in total. The van der Waals surface area contributed by atoms with Crippen LogP contribution >= 0.6 is 11.6 Å². The van der Waals surface area contributed by atoms with Crippen molar-refractivity contribution >= 4 is 22.5 Å². The quantitative estimate of drug-likeness (QED) is 0.746. The number of H-pyrrole nitrogens is 1. The summed E-state index contributed by atoms with van der Waals surface area (Å²) in [4.78, 5) is 5.53. The van der Waals surface area contributed by atoms with E-state index in [-0.39, 0.29) is 0 Å². The minimum atomic E-state index is 0.633. The number of benzene rings is 1. The monoisotopic (exact) mass is 299 g/mol. The number of aromatic amines is 1. The molecule has 0 radical (unpaired) electrons. The van der Waals surface area contributed by atoms with E-state index in [1.54, 1.807) is 10.5 Å². The Morgan fingerprint density at radius 1 is 1.24 bits per heavy atom. The van der Waals surface area contributed by atoms with Crippen molar-refractivity contribution in [1.29, 1.82) is 0 Å². The van der Waals surface area contributed by atoms with Crippen molar-refractivity contribution < 1.29 is 4.90 Å². The standard InChI is InChI=1S/C18H19ClN2/c19-12-6-5-11-10-21-8-7-14-13-3-1-2-4-16(13)20-17(14)18(21)15(11)9-12/h1-4,6,11,15,18,20H,5,7-10H2/p+1. The highest BCUT2D eigenvalue weighted by Gasteiger charge is 2.50. The van der Waals surface area contributed by atoms with Crippen molar-refractivity contribution in [2.24, 2.45) is 11.8 Å². The first-order valence-electron chi connectivity index (χ1n) is 8.10. The van der Waals surface area contributed by atoms with E-state index in [1.807, 2.05) is 0 Å². The van der Waals surface area contributed by atoms with Gasteiger partial charge in [0.2, 0.25) is 0 Å². The topological polar surface area (TPSA) is 20.2 Å². The smallest absolute Gasteiger partial charge is 0.132 e. The highest BCUT2D eigenvalue weighted by Crippen LogP contribution is 2.43. The molecule has 1 aromatic heterocycles. The van der Waals surface area contributed by atoms with Gasteiger partial charge in [-0.05, 0) is 24.5 Å². The van der Waals surface area contributed by atoms with Crippen LogP contribution in [0.3, 0.4) is 0 Å². The maximum Gasteiger partial charge on any atom is 0.132 e. The lowest BCUT2D eigenvalue weighted by Gasteiger charge is -2.30. The number of nitrogens with one attached hydrogen (secondary N) is 2. The Morgan fingerprint density at radius 2 is 2.14 bits per heavy atom. The van der Waals surface area contributed by atoms with E-state index < -0.39 is 0 Å². The number of rotatable bonds is 0. The molecule has 2 aliphatic heterocycles. The highest BCUT2D eigenvalue weighted by molar-refractivity contribution is 6.29.